The predicted molar refractivity (Wildman–Crippen MR) is 151 cm³/mol. The number of carbonyl (C=O) groups excluding carboxylic acids is 1. The van der Waals surface area contributed by atoms with Gasteiger partial charge in [-0.1, -0.05) is 23.7 Å². The highest BCUT2D eigenvalue weighted by atomic mass is 35.5. The second-order valence-corrected chi connectivity index (χ2v) is 14.0. The Labute approximate surface area is 241 Å². The van der Waals surface area contributed by atoms with Gasteiger partial charge in [-0.05, 0) is 87.2 Å². The number of piperidine rings is 1. The van der Waals surface area contributed by atoms with Crippen molar-refractivity contribution in [3.63, 3.8) is 0 Å². The zero-order chi connectivity index (χ0) is 29.1. The molecule has 0 bridgehead atoms. The number of alkyl halides is 3. The molecule has 1 saturated heterocycles. The standard InChI is InChI=1S/C28H31ClF3N3O3S2/c1-27(2,20-5-7-21(8-6-20)28(30,31)32)34-23-14-17-35(18-15-23)40(37,38)25-12-11-24(39-25)13-16-33-26(36)19-3-9-22(29)10-4-19/h3-12,23,34H,13-18H2,1-2H3,(H,33,36). The number of benzene rings is 2. The molecule has 1 fully saturated rings. The van der Waals surface area contributed by atoms with Crippen molar-refractivity contribution in [2.24, 2.45) is 0 Å². The van der Waals surface area contributed by atoms with Crippen LogP contribution in [0, 0.1) is 0 Å². The van der Waals surface area contributed by atoms with E-state index in [9.17, 15) is 26.4 Å². The molecule has 0 aliphatic carbocycles. The fraction of sp³-hybridized carbons (Fsp3) is 0.393. The summed E-state index contributed by atoms with van der Waals surface area (Å²) < 4.78 is 67.0. The van der Waals surface area contributed by atoms with Crippen LogP contribution in [0.1, 0.15) is 53.1 Å². The fourth-order valence-electron chi connectivity index (χ4n) is 4.67. The van der Waals surface area contributed by atoms with Gasteiger partial charge in [0.1, 0.15) is 4.21 Å². The normalized spacial score (nSPS) is 15.8. The lowest BCUT2D eigenvalue weighted by atomic mass is 9.91. The second kappa shape index (κ2) is 12.2. The minimum atomic E-state index is -4.38. The van der Waals surface area contributed by atoms with Crippen LogP contribution in [0.15, 0.2) is 64.9 Å². The lowest BCUT2D eigenvalue weighted by molar-refractivity contribution is -0.137. The zero-order valence-corrected chi connectivity index (χ0v) is 24.5. The van der Waals surface area contributed by atoms with Crippen molar-refractivity contribution in [1.82, 2.24) is 14.9 Å². The molecule has 0 saturated carbocycles. The van der Waals surface area contributed by atoms with E-state index < -0.39 is 27.3 Å². The Morgan fingerprint density at radius 1 is 0.975 bits per heavy atom. The van der Waals surface area contributed by atoms with Crippen LogP contribution in [0.4, 0.5) is 13.2 Å². The van der Waals surface area contributed by atoms with Crippen molar-refractivity contribution in [3.05, 3.63) is 87.3 Å². The van der Waals surface area contributed by atoms with E-state index >= 15 is 0 Å². The lowest BCUT2D eigenvalue weighted by Gasteiger charge is -2.37. The number of hydrogen-bond acceptors (Lipinski definition) is 5. The van der Waals surface area contributed by atoms with E-state index in [4.69, 9.17) is 11.6 Å². The Hall–Kier alpha value is -2.44. The SMILES string of the molecule is CC(C)(NC1CCN(S(=O)(=O)c2ccc(CCNC(=O)c3ccc(Cl)cc3)s2)CC1)c1ccc(C(F)(F)F)cc1. The highest BCUT2D eigenvalue weighted by molar-refractivity contribution is 7.91. The molecule has 216 valence electrons. The van der Waals surface area contributed by atoms with Crippen LogP contribution in [0.5, 0.6) is 0 Å². The van der Waals surface area contributed by atoms with Crippen LogP contribution in [0.3, 0.4) is 0 Å². The zero-order valence-electron chi connectivity index (χ0n) is 22.1. The molecule has 1 aromatic heterocycles. The summed E-state index contributed by atoms with van der Waals surface area (Å²) in [5.74, 6) is -0.223. The van der Waals surface area contributed by atoms with Crippen LogP contribution < -0.4 is 10.6 Å². The topological polar surface area (TPSA) is 78.5 Å². The van der Waals surface area contributed by atoms with Crippen LogP contribution in [0.2, 0.25) is 5.02 Å². The van der Waals surface area contributed by atoms with Crippen molar-refractivity contribution in [2.45, 2.75) is 55.1 Å². The number of sulfonamides is 1. The van der Waals surface area contributed by atoms with E-state index in [1.165, 1.54) is 27.8 Å². The number of carbonyl (C=O) groups is 1. The molecule has 2 aromatic carbocycles. The monoisotopic (exact) mass is 613 g/mol. The molecule has 2 N–H and O–H groups in total. The quantitative estimate of drug-likeness (QED) is 0.307. The molecule has 3 aromatic rings. The predicted octanol–water partition coefficient (Wildman–Crippen LogP) is 6.07. The number of nitrogens with one attached hydrogen (secondary N) is 2. The van der Waals surface area contributed by atoms with E-state index in [-0.39, 0.29) is 16.2 Å². The summed E-state index contributed by atoms with van der Waals surface area (Å²) in [4.78, 5) is 13.1. The first-order valence-electron chi connectivity index (χ1n) is 12.8. The summed E-state index contributed by atoms with van der Waals surface area (Å²) in [6, 6.07) is 15.1. The van der Waals surface area contributed by atoms with Gasteiger partial charge in [-0.15, -0.1) is 11.3 Å². The molecular weight excluding hydrogens is 583 g/mol. The first kappa shape index (κ1) is 30.5. The van der Waals surface area contributed by atoms with Gasteiger partial charge in [0.2, 0.25) is 0 Å². The van der Waals surface area contributed by atoms with Crippen molar-refractivity contribution < 1.29 is 26.4 Å². The number of amides is 1. The maximum absolute atomic E-state index is 13.3. The molecule has 1 aliphatic heterocycles. The molecule has 40 heavy (non-hydrogen) atoms. The summed E-state index contributed by atoms with van der Waals surface area (Å²) in [5, 5.41) is 6.87. The minimum absolute atomic E-state index is 0.0203. The molecule has 0 radical (unpaired) electrons. The first-order valence-corrected chi connectivity index (χ1v) is 15.5. The summed E-state index contributed by atoms with van der Waals surface area (Å²) >= 11 is 7.05. The average Bonchev–Trinajstić information content (AvgIpc) is 3.39. The molecule has 6 nitrogen and oxygen atoms in total. The number of nitrogens with zero attached hydrogens (tertiary/aromatic N) is 1. The van der Waals surface area contributed by atoms with Gasteiger partial charge >= 0.3 is 6.18 Å². The van der Waals surface area contributed by atoms with Gasteiger partial charge in [-0.25, -0.2) is 8.42 Å². The number of thiophene rings is 1. The van der Waals surface area contributed by atoms with Gasteiger partial charge in [0, 0.05) is 46.7 Å². The van der Waals surface area contributed by atoms with Gasteiger partial charge in [0.05, 0.1) is 5.56 Å². The second-order valence-electron chi connectivity index (χ2n) is 10.3. The maximum Gasteiger partial charge on any atom is 0.416 e. The third-order valence-electron chi connectivity index (χ3n) is 6.95. The van der Waals surface area contributed by atoms with E-state index in [0.29, 0.717) is 49.5 Å². The van der Waals surface area contributed by atoms with E-state index in [0.717, 1.165) is 22.6 Å². The summed E-state index contributed by atoms with van der Waals surface area (Å²) in [6.45, 7) is 4.86. The molecule has 0 atom stereocenters. The molecule has 4 rings (SSSR count). The highest BCUT2D eigenvalue weighted by Crippen LogP contribution is 2.32. The van der Waals surface area contributed by atoms with Crippen molar-refractivity contribution >= 4 is 38.9 Å². The van der Waals surface area contributed by atoms with E-state index in [1.807, 2.05) is 13.8 Å². The highest BCUT2D eigenvalue weighted by Gasteiger charge is 2.34. The smallest absolute Gasteiger partial charge is 0.352 e. The van der Waals surface area contributed by atoms with Gasteiger partial charge in [-0.2, -0.15) is 17.5 Å². The minimum Gasteiger partial charge on any atom is -0.352 e. The Balaban J connectivity index is 1.28. The third-order valence-corrected chi connectivity index (χ3v) is 10.7. The van der Waals surface area contributed by atoms with Gasteiger partial charge in [0.15, 0.2) is 0 Å². The third kappa shape index (κ3) is 7.44. The average molecular weight is 614 g/mol. The Morgan fingerprint density at radius 3 is 2.17 bits per heavy atom. The van der Waals surface area contributed by atoms with E-state index in [1.54, 1.807) is 36.4 Å². The molecule has 0 spiro atoms. The number of halogens is 4. The molecule has 2 heterocycles. The van der Waals surface area contributed by atoms with E-state index in [2.05, 4.69) is 10.6 Å². The first-order chi connectivity index (χ1) is 18.8. The van der Waals surface area contributed by atoms with Crippen LogP contribution in [-0.2, 0) is 28.2 Å². The van der Waals surface area contributed by atoms with Crippen molar-refractivity contribution in [2.75, 3.05) is 19.6 Å². The summed E-state index contributed by atoms with van der Waals surface area (Å²) in [6.07, 6.45) is -2.72. The molecule has 12 heteroatoms. The van der Waals surface area contributed by atoms with Crippen molar-refractivity contribution in [3.8, 4) is 0 Å². The van der Waals surface area contributed by atoms with Gasteiger partial charge < -0.3 is 10.6 Å². The summed E-state index contributed by atoms with van der Waals surface area (Å²) in [7, 11) is -3.65. The molecular formula is C28H31ClF3N3O3S2. The van der Waals surface area contributed by atoms with Crippen LogP contribution in [-0.4, -0.2) is 44.3 Å². The van der Waals surface area contributed by atoms with Crippen LogP contribution in [0.25, 0.3) is 0 Å². The Kier molecular flexibility index (Phi) is 9.31. The van der Waals surface area contributed by atoms with Crippen LogP contribution >= 0.6 is 22.9 Å². The largest absolute Gasteiger partial charge is 0.416 e. The molecule has 1 amide bonds. The Bertz CT molecular complexity index is 1420. The summed E-state index contributed by atoms with van der Waals surface area (Å²) in [5.41, 5.74) is -0.0444. The van der Waals surface area contributed by atoms with Gasteiger partial charge in [0.25, 0.3) is 15.9 Å². The fourth-order valence-corrected chi connectivity index (χ4v) is 7.78. The Morgan fingerprint density at radius 2 is 1.57 bits per heavy atom. The van der Waals surface area contributed by atoms with Crippen molar-refractivity contribution in [1.29, 1.82) is 0 Å². The maximum atomic E-state index is 13.3. The number of rotatable bonds is 9. The molecule has 1 aliphatic rings. The lowest BCUT2D eigenvalue weighted by Crippen LogP contribution is -2.50. The molecule has 0 unspecified atom stereocenters. The van der Waals surface area contributed by atoms with Gasteiger partial charge in [-0.3, -0.25) is 4.79 Å². The number of hydrogen-bond donors (Lipinski definition) is 2.